The van der Waals surface area contributed by atoms with Gasteiger partial charge in [0, 0.05) is 31.2 Å². The summed E-state index contributed by atoms with van der Waals surface area (Å²) < 4.78 is 0. The molecule has 0 radical (unpaired) electrons. The van der Waals surface area contributed by atoms with Gasteiger partial charge in [-0.1, -0.05) is 12.1 Å². The number of nitrogens with one attached hydrogen (secondary N) is 1. The Bertz CT molecular complexity index is 363. The topological polar surface area (TPSA) is 35.5 Å². The molecule has 1 fully saturated rings. The fourth-order valence-electron chi connectivity index (χ4n) is 2.53. The number of phenols is 1. The molecule has 3 nitrogen and oxygen atoms in total. The molecule has 0 bridgehead atoms. The van der Waals surface area contributed by atoms with Gasteiger partial charge in [-0.3, -0.25) is 4.90 Å². The molecule has 1 heterocycles. The smallest absolute Gasteiger partial charge is 0.115 e. The summed E-state index contributed by atoms with van der Waals surface area (Å²) in [6.45, 7) is 8.84. The van der Waals surface area contributed by atoms with E-state index in [1.165, 1.54) is 5.56 Å². The molecule has 3 unspecified atom stereocenters. The van der Waals surface area contributed by atoms with Crippen molar-refractivity contribution in [2.45, 2.75) is 38.9 Å². The Balaban J connectivity index is 2.12. The number of hydrogen-bond donors (Lipinski definition) is 2. The van der Waals surface area contributed by atoms with Crippen molar-refractivity contribution >= 4 is 0 Å². The number of rotatable bonds is 2. The zero-order chi connectivity index (χ0) is 12.4. The van der Waals surface area contributed by atoms with Crippen LogP contribution in [-0.2, 0) is 0 Å². The van der Waals surface area contributed by atoms with Gasteiger partial charge in [0.15, 0.2) is 0 Å². The molecule has 0 saturated carbocycles. The fourth-order valence-corrected chi connectivity index (χ4v) is 2.53. The van der Waals surface area contributed by atoms with Crippen LogP contribution in [0.1, 0.15) is 32.4 Å². The van der Waals surface area contributed by atoms with E-state index in [1.807, 2.05) is 12.1 Å². The first kappa shape index (κ1) is 12.4. The van der Waals surface area contributed by atoms with Crippen molar-refractivity contribution in [3.8, 4) is 5.75 Å². The van der Waals surface area contributed by atoms with Crippen LogP contribution in [-0.4, -0.2) is 35.2 Å². The molecular formula is C14H22N2O. The normalized spacial score (nSPS) is 27.9. The lowest BCUT2D eigenvalue weighted by Gasteiger charge is -2.41. The van der Waals surface area contributed by atoms with Crippen LogP contribution in [0.25, 0.3) is 0 Å². The molecule has 94 valence electrons. The monoisotopic (exact) mass is 234 g/mol. The van der Waals surface area contributed by atoms with E-state index in [0.717, 1.165) is 13.1 Å². The summed E-state index contributed by atoms with van der Waals surface area (Å²) >= 11 is 0. The standard InChI is InChI=1S/C14H22N2O/c1-10-9-16(11(2)8-15-10)12(3)13-4-6-14(17)7-5-13/h4-7,10-12,15,17H,8-9H2,1-3H3. The molecule has 0 spiro atoms. The lowest BCUT2D eigenvalue weighted by atomic mass is 10.0. The molecule has 0 amide bonds. The van der Waals surface area contributed by atoms with E-state index in [0.29, 0.717) is 23.9 Å². The molecule has 0 aromatic heterocycles. The first-order valence-electron chi connectivity index (χ1n) is 6.36. The molecule has 1 aromatic rings. The van der Waals surface area contributed by atoms with E-state index in [-0.39, 0.29) is 0 Å². The second kappa shape index (κ2) is 5.07. The Labute approximate surface area is 103 Å². The molecule has 1 aliphatic rings. The minimum absolute atomic E-state index is 0.336. The lowest BCUT2D eigenvalue weighted by molar-refractivity contribution is 0.103. The van der Waals surface area contributed by atoms with Crippen molar-refractivity contribution in [1.29, 1.82) is 0 Å². The Morgan fingerprint density at radius 3 is 2.59 bits per heavy atom. The third kappa shape index (κ3) is 2.79. The third-order valence-corrected chi connectivity index (χ3v) is 3.69. The third-order valence-electron chi connectivity index (χ3n) is 3.69. The van der Waals surface area contributed by atoms with E-state index >= 15 is 0 Å². The molecule has 1 saturated heterocycles. The van der Waals surface area contributed by atoms with Gasteiger partial charge in [0.05, 0.1) is 0 Å². The first-order chi connectivity index (χ1) is 8.08. The van der Waals surface area contributed by atoms with E-state index in [2.05, 4.69) is 31.0 Å². The van der Waals surface area contributed by atoms with Crippen molar-refractivity contribution in [1.82, 2.24) is 10.2 Å². The summed E-state index contributed by atoms with van der Waals surface area (Å²) in [5, 5.41) is 12.8. The van der Waals surface area contributed by atoms with Gasteiger partial charge in [-0.15, -0.1) is 0 Å². The Morgan fingerprint density at radius 1 is 1.29 bits per heavy atom. The number of aromatic hydroxyl groups is 1. The van der Waals surface area contributed by atoms with Gasteiger partial charge >= 0.3 is 0 Å². The maximum Gasteiger partial charge on any atom is 0.115 e. The van der Waals surface area contributed by atoms with Crippen LogP contribution < -0.4 is 5.32 Å². The van der Waals surface area contributed by atoms with Crippen molar-refractivity contribution in [3.05, 3.63) is 29.8 Å². The predicted octanol–water partition coefficient (Wildman–Crippen LogP) is 2.14. The molecule has 3 heteroatoms. The second-order valence-electron chi connectivity index (χ2n) is 5.12. The number of nitrogens with zero attached hydrogens (tertiary/aromatic N) is 1. The second-order valence-corrected chi connectivity index (χ2v) is 5.12. The van der Waals surface area contributed by atoms with Gasteiger partial charge in [0.25, 0.3) is 0 Å². The van der Waals surface area contributed by atoms with Gasteiger partial charge in [0.2, 0.25) is 0 Å². The molecule has 2 rings (SSSR count). The van der Waals surface area contributed by atoms with Crippen LogP contribution in [0, 0.1) is 0 Å². The maximum atomic E-state index is 9.32. The van der Waals surface area contributed by atoms with Gasteiger partial charge in [-0.25, -0.2) is 0 Å². The quantitative estimate of drug-likeness (QED) is 0.823. The Hall–Kier alpha value is -1.06. The minimum Gasteiger partial charge on any atom is -0.508 e. The van der Waals surface area contributed by atoms with Crippen LogP contribution >= 0.6 is 0 Å². The maximum absolute atomic E-state index is 9.32. The molecule has 1 aromatic carbocycles. The Morgan fingerprint density at radius 2 is 1.94 bits per heavy atom. The summed E-state index contributed by atoms with van der Waals surface area (Å²) in [4.78, 5) is 2.52. The zero-order valence-electron chi connectivity index (χ0n) is 10.9. The Kier molecular flexibility index (Phi) is 3.69. The highest BCUT2D eigenvalue weighted by Gasteiger charge is 2.26. The van der Waals surface area contributed by atoms with E-state index < -0.39 is 0 Å². The van der Waals surface area contributed by atoms with Gasteiger partial charge in [-0.2, -0.15) is 0 Å². The summed E-state index contributed by atoms with van der Waals surface area (Å²) in [7, 11) is 0. The molecule has 2 N–H and O–H groups in total. The minimum atomic E-state index is 0.336. The lowest BCUT2D eigenvalue weighted by Crippen LogP contribution is -2.54. The molecule has 17 heavy (non-hydrogen) atoms. The van der Waals surface area contributed by atoms with Crippen molar-refractivity contribution in [2.24, 2.45) is 0 Å². The highest BCUT2D eigenvalue weighted by molar-refractivity contribution is 5.28. The van der Waals surface area contributed by atoms with Gasteiger partial charge in [-0.05, 0) is 38.5 Å². The highest BCUT2D eigenvalue weighted by Crippen LogP contribution is 2.25. The van der Waals surface area contributed by atoms with Gasteiger partial charge in [0.1, 0.15) is 5.75 Å². The SMILES string of the molecule is CC1CN(C(C)c2ccc(O)cc2)C(C)CN1. The average Bonchev–Trinajstić information content (AvgIpc) is 2.32. The first-order valence-corrected chi connectivity index (χ1v) is 6.36. The molecular weight excluding hydrogens is 212 g/mol. The van der Waals surface area contributed by atoms with E-state index in [1.54, 1.807) is 12.1 Å². The van der Waals surface area contributed by atoms with Crippen LogP contribution in [0.2, 0.25) is 0 Å². The van der Waals surface area contributed by atoms with Crippen LogP contribution in [0.5, 0.6) is 5.75 Å². The molecule has 0 aliphatic carbocycles. The highest BCUT2D eigenvalue weighted by atomic mass is 16.3. The number of benzene rings is 1. The van der Waals surface area contributed by atoms with Crippen molar-refractivity contribution in [2.75, 3.05) is 13.1 Å². The predicted molar refractivity (Wildman–Crippen MR) is 70.2 cm³/mol. The number of piperazine rings is 1. The van der Waals surface area contributed by atoms with Gasteiger partial charge < -0.3 is 10.4 Å². The van der Waals surface area contributed by atoms with Crippen LogP contribution in [0.15, 0.2) is 24.3 Å². The summed E-state index contributed by atoms with van der Waals surface area (Å²) in [5.41, 5.74) is 1.27. The van der Waals surface area contributed by atoms with Crippen LogP contribution in [0.3, 0.4) is 0 Å². The summed E-state index contributed by atoms with van der Waals surface area (Å²) in [6, 6.07) is 9.05. The fraction of sp³-hybridized carbons (Fsp3) is 0.571. The zero-order valence-corrected chi connectivity index (χ0v) is 10.9. The van der Waals surface area contributed by atoms with E-state index in [4.69, 9.17) is 0 Å². The van der Waals surface area contributed by atoms with Crippen molar-refractivity contribution < 1.29 is 5.11 Å². The summed E-state index contributed by atoms with van der Waals surface area (Å²) in [6.07, 6.45) is 0. The molecule has 1 aliphatic heterocycles. The average molecular weight is 234 g/mol. The summed E-state index contributed by atoms with van der Waals surface area (Å²) in [5.74, 6) is 0.336. The number of phenolic OH excluding ortho intramolecular Hbond substituents is 1. The number of hydrogen-bond acceptors (Lipinski definition) is 3. The van der Waals surface area contributed by atoms with E-state index in [9.17, 15) is 5.11 Å². The van der Waals surface area contributed by atoms with Crippen LogP contribution in [0.4, 0.5) is 0 Å². The van der Waals surface area contributed by atoms with Crippen molar-refractivity contribution in [3.63, 3.8) is 0 Å². The largest absolute Gasteiger partial charge is 0.508 e. The molecule has 3 atom stereocenters.